The standard InChI is InChI=1S/C19H32O4/c1-6-22-17(20)15-9-7-8-10-16(15)18(21)23-12-11-14(2)13-19(3,4)5/h7-8,14-16H,6,9-13H2,1-5H3. The maximum Gasteiger partial charge on any atom is 0.310 e. The Morgan fingerprint density at radius 2 is 1.61 bits per heavy atom. The first-order valence-electron chi connectivity index (χ1n) is 8.73. The van der Waals surface area contributed by atoms with Crippen LogP contribution >= 0.6 is 0 Å². The van der Waals surface area contributed by atoms with Gasteiger partial charge in [-0.2, -0.15) is 0 Å². The Hall–Kier alpha value is -1.32. The van der Waals surface area contributed by atoms with E-state index < -0.39 is 11.8 Å². The topological polar surface area (TPSA) is 52.6 Å². The van der Waals surface area contributed by atoms with Gasteiger partial charge in [0.2, 0.25) is 0 Å². The predicted octanol–water partition coefficient (Wildman–Crippen LogP) is 4.14. The van der Waals surface area contributed by atoms with Crippen molar-refractivity contribution in [1.82, 2.24) is 0 Å². The Kier molecular flexibility index (Phi) is 7.80. The maximum absolute atomic E-state index is 12.3. The summed E-state index contributed by atoms with van der Waals surface area (Å²) in [5.41, 5.74) is 0.284. The molecule has 3 unspecified atom stereocenters. The fraction of sp³-hybridized carbons (Fsp3) is 0.789. The zero-order valence-electron chi connectivity index (χ0n) is 15.3. The van der Waals surface area contributed by atoms with Crippen molar-refractivity contribution in [3.8, 4) is 0 Å². The quantitative estimate of drug-likeness (QED) is 0.522. The van der Waals surface area contributed by atoms with Gasteiger partial charge in [-0.15, -0.1) is 0 Å². The predicted molar refractivity (Wildman–Crippen MR) is 90.8 cm³/mol. The van der Waals surface area contributed by atoms with Crippen LogP contribution in [0.25, 0.3) is 0 Å². The number of allylic oxidation sites excluding steroid dienone is 2. The maximum atomic E-state index is 12.3. The normalized spacial score (nSPS) is 22.5. The van der Waals surface area contributed by atoms with E-state index in [1.807, 2.05) is 12.2 Å². The van der Waals surface area contributed by atoms with Gasteiger partial charge in [0, 0.05) is 0 Å². The van der Waals surface area contributed by atoms with Crippen LogP contribution in [0.1, 0.15) is 60.3 Å². The first-order valence-corrected chi connectivity index (χ1v) is 8.73. The lowest BCUT2D eigenvalue weighted by molar-refractivity contribution is -0.161. The van der Waals surface area contributed by atoms with E-state index in [1.54, 1.807) is 6.92 Å². The molecule has 0 radical (unpaired) electrons. The minimum absolute atomic E-state index is 0.268. The Labute approximate surface area is 140 Å². The number of carbonyl (C=O) groups is 2. The molecule has 4 heteroatoms. The summed E-state index contributed by atoms with van der Waals surface area (Å²) < 4.78 is 10.5. The van der Waals surface area contributed by atoms with Crippen molar-refractivity contribution in [3.05, 3.63) is 12.2 Å². The van der Waals surface area contributed by atoms with Crippen LogP contribution in [0.3, 0.4) is 0 Å². The molecule has 0 spiro atoms. The van der Waals surface area contributed by atoms with E-state index in [0.717, 1.165) is 12.8 Å². The number of carbonyl (C=O) groups excluding carboxylic acids is 2. The molecule has 132 valence electrons. The van der Waals surface area contributed by atoms with Gasteiger partial charge in [-0.3, -0.25) is 9.59 Å². The molecule has 0 saturated heterocycles. The van der Waals surface area contributed by atoms with Crippen molar-refractivity contribution in [2.24, 2.45) is 23.2 Å². The zero-order chi connectivity index (χ0) is 17.5. The van der Waals surface area contributed by atoms with Crippen LogP contribution in [0.2, 0.25) is 0 Å². The van der Waals surface area contributed by atoms with Gasteiger partial charge in [-0.25, -0.2) is 0 Å². The molecule has 0 aromatic rings. The highest BCUT2D eigenvalue weighted by Gasteiger charge is 2.36. The summed E-state index contributed by atoms with van der Waals surface area (Å²) in [6, 6.07) is 0. The van der Waals surface area contributed by atoms with Crippen molar-refractivity contribution in [2.45, 2.75) is 60.3 Å². The summed E-state index contributed by atoms with van der Waals surface area (Å²) in [6.07, 6.45) is 6.96. The first-order chi connectivity index (χ1) is 10.7. The molecule has 23 heavy (non-hydrogen) atoms. The Morgan fingerprint density at radius 3 is 2.09 bits per heavy atom. The summed E-state index contributed by atoms with van der Waals surface area (Å²) in [5.74, 6) is -0.860. The van der Waals surface area contributed by atoms with Gasteiger partial charge >= 0.3 is 11.9 Å². The lowest BCUT2D eigenvalue weighted by Crippen LogP contribution is -2.34. The molecule has 0 heterocycles. The summed E-state index contributed by atoms with van der Waals surface area (Å²) in [5, 5.41) is 0. The fourth-order valence-electron chi connectivity index (χ4n) is 3.20. The van der Waals surface area contributed by atoms with Gasteiger partial charge < -0.3 is 9.47 Å². The SMILES string of the molecule is CCOC(=O)C1CC=CCC1C(=O)OCCC(C)CC(C)(C)C. The van der Waals surface area contributed by atoms with Crippen molar-refractivity contribution < 1.29 is 19.1 Å². The molecule has 3 atom stereocenters. The number of esters is 2. The summed E-state index contributed by atoms with van der Waals surface area (Å²) >= 11 is 0. The number of hydrogen-bond donors (Lipinski definition) is 0. The molecule has 0 saturated carbocycles. The molecule has 0 aromatic carbocycles. The molecule has 4 nitrogen and oxygen atoms in total. The molecule has 0 N–H and O–H groups in total. The molecule has 0 fully saturated rings. The summed E-state index contributed by atoms with van der Waals surface area (Å²) in [4.78, 5) is 24.3. The van der Waals surface area contributed by atoms with Crippen molar-refractivity contribution in [3.63, 3.8) is 0 Å². The molecule has 0 aliphatic heterocycles. The van der Waals surface area contributed by atoms with Crippen molar-refractivity contribution >= 4 is 11.9 Å². The highest BCUT2D eigenvalue weighted by molar-refractivity contribution is 5.82. The molecule has 1 aliphatic carbocycles. The van der Waals surface area contributed by atoms with Gasteiger partial charge in [0.15, 0.2) is 0 Å². The largest absolute Gasteiger partial charge is 0.466 e. The molecule has 1 aliphatic rings. The van der Waals surface area contributed by atoms with Crippen LogP contribution < -0.4 is 0 Å². The highest BCUT2D eigenvalue weighted by Crippen LogP contribution is 2.29. The number of ether oxygens (including phenoxy) is 2. The van der Waals surface area contributed by atoms with Gasteiger partial charge in [0.1, 0.15) is 0 Å². The van der Waals surface area contributed by atoms with E-state index in [0.29, 0.717) is 32.0 Å². The molecule has 1 rings (SSSR count). The van der Waals surface area contributed by atoms with Crippen molar-refractivity contribution in [1.29, 1.82) is 0 Å². The molecular weight excluding hydrogens is 292 g/mol. The third kappa shape index (κ3) is 7.19. The van der Waals surface area contributed by atoms with Gasteiger partial charge in [-0.1, -0.05) is 39.8 Å². The molecule has 0 aromatic heterocycles. The average Bonchev–Trinajstić information content (AvgIpc) is 2.45. The van der Waals surface area contributed by atoms with Gasteiger partial charge in [0.25, 0.3) is 0 Å². The van der Waals surface area contributed by atoms with E-state index in [2.05, 4.69) is 27.7 Å². The number of rotatable bonds is 7. The molecule has 0 bridgehead atoms. The van der Waals surface area contributed by atoms with Crippen LogP contribution in [0.4, 0.5) is 0 Å². The minimum atomic E-state index is -0.406. The fourth-order valence-corrected chi connectivity index (χ4v) is 3.20. The number of hydrogen-bond acceptors (Lipinski definition) is 4. The Balaban J connectivity index is 2.46. The average molecular weight is 324 g/mol. The van der Waals surface area contributed by atoms with Crippen LogP contribution in [-0.2, 0) is 19.1 Å². The third-order valence-electron chi connectivity index (χ3n) is 4.14. The second-order valence-electron chi connectivity index (χ2n) is 7.73. The van der Waals surface area contributed by atoms with E-state index in [-0.39, 0.29) is 17.4 Å². The second kappa shape index (κ2) is 9.09. The lowest BCUT2D eigenvalue weighted by atomic mass is 9.83. The van der Waals surface area contributed by atoms with E-state index in [4.69, 9.17) is 9.47 Å². The highest BCUT2D eigenvalue weighted by atomic mass is 16.5. The Morgan fingerprint density at radius 1 is 1.09 bits per heavy atom. The minimum Gasteiger partial charge on any atom is -0.466 e. The van der Waals surface area contributed by atoms with Crippen LogP contribution in [0.15, 0.2) is 12.2 Å². The molecular formula is C19H32O4. The van der Waals surface area contributed by atoms with E-state index in [9.17, 15) is 9.59 Å². The zero-order valence-corrected chi connectivity index (χ0v) is 15.3. The lowest BCUT2D eigenvalue weighted by Gasteiger charge is -2.26. The van der Waals surface area contributed by atoms with Crippen LogP contribution in [0, 0.1) is 23.2 Å². The Bertz CT molecular complexity index is 420. The summed E-state index contributed by atoms with van der Waals surface area (Å²) in [6.45, 7) is 11.4. The first kappa shape index (κ1) is 19.7. The van der Waals surface area contributed by atoms with E-state index in [1.165, 1.54) is 0 Å². The van der Waals surface area contributed by atoms with Gasteiger partial charge in [0.05, 0.1) is 25.0 Å². The van der Waals surface area contributed by atoms with Gasteiger partial charge in [-0.05, 0) is 43.9 Å². The molecule has 0 amide bonds. The van der Waals surface area contributed by atoms with Crippen molar-refractivity contribution in [2.75, 3.05) is 13.2 Å². The monoisotopic (exact) mass is 324 g/mol. The van der Waals surface area contributed by atoms with Crippen LogP contribution in [0.5, 0.6) is 0 Å². The second-order valence-corrected chi connectivity index (χ2v) is 7.73. The smallest absolute Gasteiger partial charge is 0.310 e. The third-order valence-corrected chi connectivity index (χ3v) is 4.14. The van der Waals surface area contributed by atoms with E-state index >= 15 is 0 Å². The summed E-state index contributed by atoms with van der Waals surface area (Å²) in [7, 11) is 0. The van der Waals surface area contributed by atoms with Crippen LogP contribution in [-0.4, -0.2) is 25.2 Å².